The SMILES string of the molecule is COC(=O)NC(C(=O)N1CCCC1c1ncc(-c2ccc3c(c2)OC(C)n2c-3c(F)c3cc(-c4cnc(C5CC(F)(F)CN5C(=O)C(NC(=O)OC)C(C)C)[nH]4)ccc32)[nH]1)C(C)C. The summed E-state index contributed by atoms with van der Waals surface area (Å²) in [6.45, 7) is 8.58. The Balaban J connectivity index is 1.05. The van der Waals surface area contributed by atoms with E-state index in [1.165, 1.54) is 13.3 Å². The summed E-state index contributed by atoms with van der Waals surface area (Å²) in [5.41, 5.74) is 3.84. The van der Waals surface area contributed by atoms with Gasteiger partial charge in [0.05, 0.1) is 67.8 Å². The molecule has 16 nitrogen and oxygen atoms in total. The third-order valence-corrected chi connectivity index (χ3v) is 12.2. The number of rotatable bonds is 10. The van der Waals surface area contributed by atoms with Gasteiger partial charge in [0, 0.05) is 35.0 Å². The van der Waals surface area contributed by atoms with E-state index in [2.05, 4.69) is 35.3 Å². The Morgan fingerprint density at radius 2 is 1.41 bits per heavy atom. The van der Waals surface area contributed by atoms with Crippen LogP contribution in [-0.2, 0) is 19.1 Å². The fourth-order valence-electron chi connectivity index (χ4n) is 8.96. The standard InChI is InChI=1S/C44H50F3N9O7/c1-21(2)35(52-42(59)61-6)40(57)54-14-8-9-31(54)38-48-19-29(50-38)25-10-12-26-33(16-25)63-23(5)56-30-13-11-24(15-27(30)34(45)37(26)56)28-18-49-39(51-28)32-17-44(46,47)20-55(32)41(58)36(22(3)4)53-43(60)62-7/h10-13,15-16,18-19,21-23,31-32,35-36H,8-9,14,17,20H2,1-7H3,(H,48,50)(H,49,51)(H,52,59)(H,53,60). The summed E-state index contributed by atoms with van der Waals surface area (Å²) in [7, 11) is 2.41. The Kier molecular flexibility index (Phi) is 11.4. The fraction of sp³-hybridized carbons (Fsp3) is 0.455. The molecule has 19 heteroatoms. The molecule has 0 aliphatic carbocycles. The summed E-state index contributed by atoms with van der Waals surface area (Å²) >= 11 is 0. The van der Waals surface area contributed by atoms with Crippen molar-refractivity contribution in [2.75, 3.05) is 27.3 Å². The lowest BCUT2D eigenvalue weighted by atomic mass is 10.0. The van der Waals surface area contributed by atoms with E-state index in [1.54, 1.807) is 53.8 Å². The largest absolute Gasteiger partial charge is 0.470 e. The minimum atomic E-state index is -3.20. The number of aromatic nitrogens is 5. The molecule has 6 heterocycles. The molecule has 0 radical (unpaired) electrons. The van der Waals surface area contributed by atoms with E-state index in [4.69, 9.17) is 9.47 Å². The molecule has 4 amide bonds. The number of fused-ring (bicyclic) bond motifs is 5. The van der Waals surface area contributed by atoms with Crippen molar-refractivity contribution in [1.29, 1.82) is 0 Å². The third kappa shape index (κ3) is 7.92. The molecule has 2 saturated heterocycles. The van der Waals surface area contributed by atoms with Gasteiger partial charge in [-0.2, -0.15) is 0 Å². The number of hydrogen-bond acceptors (Lipinski definition) is 9. The summed E-state index contributed by atoms with van der Waals surface area (Å²) in [6.07, 6.45) is 1.81. The minimum Gasteiger partial charge on any atom is -0.470 e. The number of carbonyl (C=O) groups is 4. The Bertz CT molecular complexity index is 2590. The van der Waals surface area contributed by atoms with Crippen molar-refractivity contribution in [3.8, 4) is 39.5 Å². The van der Waals surface area contributed by atoms with E-state index >= 15 is 4.39 Å². The van der Waals surface area contributed by atoms with Crippen molar-refractivity contribution in [3.05, 3.63) is 66.3 Å². The van der Waals surface area contributed by atoms with Gasteiger partial charge in [-0.3, -0.25) is 9.59 Å². The van der Waals surface area contributed by atoms with E-state index < -0.39 is 73.1 Å². The highest BCUT2D eigenvalue weighted by Crippen LogP contribution is 2.47. The second kappa shape index (κ2) is 16.6. The number of carbonyl (C=O) groups excluding carboxylic acids is 4. The highest BCUT2D eigenvalue weighted by Gasteiger charge is 2.50. The van der Waals surface area contributed by atoms with E-state index in [0.717, 1.165) is 24.0 Å². The van der Waals surface area contributed by atoms with Gasteiger partial charge >= 0.3 is 12.2 Å². The van der Waals surface area contributed by atoms with Crippen LogP contribution in [0.15, 0.2) is 48.8 Å². The number of methoxy groups -OCH3 is 2. The molecule has 63 heavy (non-hydrogen) atoms. The minimum absolute atomic E-state index is 0.130. The number of aromatic amines is 2. The molecule has 3 aromatic heterocycles. The topological polar surface area (TPSA) is 189 Å². The second-order valence-electron chi connectivity index (χ2n) is 17.0. The van der Waals surface area contributed by atoms with Crippen LogP contribution in [-0.4, -0.2) is 104 Å². The molecule has 2 fully saturated rings. The van der Waals surface area contributed by atoms with Gasteiger partial charge in [-0.15, -0.1) is 0 Å². The molecule has 2 aromatic carbocycles. The van der Waals surface area contributed by atoms with Gasteiger partial charge in [0.25, 0.3) is 5.92 Å². The van der Waals surface area contributed by atoms with E-state index in [1.807, 2.05) is 32.9 Å². The number of benzene rings is 2. The van der Waals surface area contributed by atoms with Crippen LogP contribution in [0.25, 0.3) is 44.7 Å². The third-order valence-electron chi connectivity index (χ3n) is 12.2. The molecule has 5 unspecified atom stereocenters. The second-order valence-corrected chi connectivity index (χ2v) is 17.0. The van der Waals surface area contributed by atoms with Crippen LogP contribution in [0, 0.1) is 17.7 Å². The van der Waals surface area contributed by atoms with Crippen LogP contribution in [0.5, 0.6) is 5.75 Å². The Labute approximate surface area is 360 Å². The molecule has 0 bridgehead atoms. The smallest absolute Gasteiger partial charge is 0.407 e. The summed E-state index contributed by atoms with van der Waals surface area (Å²) in [6, 6.07) is 7.35. The van der Waals surface area contributed by atoms with Crippen LogP contribution in [0.2, 0.25) is 0 Å². The van der Waals surface area contributed by atoms with Crippen molar-refractivity contribution >= 4 is 34.9 Å². The summed E-state index contributed by atoms with van der Waals surface area (Å²) < 4.78 is 64.2. The zero-order valence-corrected chi connectivity index (χ0v) is 35.9. The molecular weight excluding hydrogens is 824 g/mol. The van der Waals surface area contributed by atoms with Gasteiger partial charge in [0.1, 0.15) is 29.5 Å². The van der Waals surface area contributed by atoms with Gasteiger partial charge in [0.2, 0.25) is 11.8 Å². The highest BCUT2D eigenvalue weighted by molar-refractivity contribution is 5.93. The lowest BCUT2D eigenvalue weighted by molar-refractivity contribution is -0.137. The number of alkyl carbamates (subject to hydrolysis) is 2. The van der Waals surface area contributed by atoms with Crippen LogP contribution >= 0.6 is 0 Å². The lowest BCUT2D eigenvalue weighted by Gasteiger charge is -2.30. The number of nitrogens with zero attached hydrogens (tertiary/aromatic N) is 5. The Hall–Kier alpha value is -6.53. The quantitative estimate of drug-likeness (QED) is 0.110. The molecule has 8 rings (SSSR count). The highest BCUT2D eigenvalue weighted by atomic mass is 19.3. The van der Waals surface area contributed by atoms with Crippen molar-refractivity contribution < 1.29 is 46.6 Å². The molecule has 3 aliphatic heterocycles. The normalized spacial score (nSPS) is 20.0. The molecular formula is C44H50F3N9O7. The summed E-state index contributed by atoms with van der Waals surface area (Å²) in [4.78, 5) is 69.6. The molecule has 5 atom stereocenters. The number of imidazole rings is 2. The van der Waals surface area contributed by atoms with E-state index in [-0.39, 0.29) is 23.7 Å². The molecule has 0 spiro atoms. The number of alkyl halides is 2. The van der Waals surface area contributed by atoms with Gasteiger partial charge in [-0.1, -0.05) is 39.8 Å². The summed E-state index contributed by atoms with van der Waals surface area (Å²) in [5.74, 6) is -3.97. The van der Waals surface area contributed by atoms with E-state index in [9.17, 15) is 28.0 Å². The molecule has 0 saturated carbocycles. The first-order chi connectivity index (χ1) is 30.0. The maximum Gasteiger partial charge on any atom is 0.407 e. The number of amides is 4. The Morgan fingerprint density at radius 1 is 0.841 bits per heavy atom. The predicted molar refractivity (Wildman–Crippen MR) is 224 cm³/mol. The zero-order valence-electron chi connectivity index (χ0n) is 35.9. The molecule has 3 aliphatic rings. The maximum absolute atomic E-state index is 16.7. The monoisotopic (exact) mass is 873 g/mol. The number of halogens is 3. The first-order valence-corrected chi connectivity index (χ1v) is 20.9. The van der Waals surface area contributed by atoms with Crippen LogP contribution in [0.1, 0.15) is 83.8 Å². The summed E-state index contributed by atoms with van der Waals surface area (Å²) in [5, 5.41) is 5.43. The molecule has 5 aromatic rings. The van der Waals surface area contributed by atoms with Crippen LogP contribution < -0.4 is 15.4 Å². The number of nitrogens with one attached hydrogen (secondary N) is 4. The average molecular weight is 874 g/mol. The first kappa shape index (κ1) is 43.1. The van der Waals surface area contributed by atoms with Crippen molar-refractivity contribution in [3.63, 3.8) is 0 Å². The van der Waals surface area contributed by atoms with Gasteiger partial charge in [0.15, 0.2) is 12.0 Å². The predicted octanol–water partition coefficient (Wildman–Crippen LogP) is 7.47. The lowest BCUT2D eigenvalue weighted by Crippen LogP contribution is -2.51. The van der Waals surface area contributed by atoms with Crippen molar-refractivity contribution in [2.45, 2.75) is 90.2 Å². The number of H-pyrrole nitrogens is 2. The van der Waals surface area contributed by atoms with Crippen molar-refractivity contribution in [1.82, 2.24) is 44.9 Å². The number of likely N-dealkylation sites (tertiary alicyclic amines) is 2. The Morgan fingerprint density at radius 3 is 2.02 bits per heavy atom. The first-order valence-electron chi connectivity index (χ1n) is 20.9. The maximum atomic E-state index is 16.7. The average Bonchev–Trinajstić information content (AvgIpc) is 4.11. The number of hydrogen-bond donors (Lipinski definition) is 4. The van der Waals surface area contributed by atoms with Crippen molar-refractivity contribution in [2.24, 2.45) is 11.8 Å². The zero-order chi connectivity index (χ0) is 45.1. The molecule has 4 N–H and O–H groups in total. The van der Waals surface area contributed by atoms with E-state index in [0.29, 0.717) is 63.7 Å². The fourth-order valence-corrected chi connectivity index (χ4v) is 8.96. The number of ether oxygens (including phenoxy) is 3. The molecule has 334 valence electrons. The van der Waals surface area contributed by atoms with Gasteiger partial charge in [-0.25, -0.2) is 32.7 Å². The van der Waals surface area contributed by atoms with Crippen LogP contribution in [0.4, 0.5) is 22.8 Å². The van der Waals surface area contributed by atoms with Crippen LogP contribution in [0.3, 0.4) is 0 Å². The van der Waals surface area contributed by atoms with Gasteiger partial charge < -0.3 is 49.2 Å². The van der Waals surface area contributed by atoms with Gasteiger partial charge in [-0.05, 0) is 55.9 Å².